The average molecular weight is 311 g/mol. The highest BCUT2D eigenvalue weighted by molar-refractivity contribution is 6.32. The van der Waals surface area contributed by atoms with E-state index in [1.807, 2.05) is 0 Å². The Bertz CT molecular complexity index is 483. The number of benzene rings is 1. The molecule has 21 heavy (non-hydrogen) atoms. The van der Waals surface area contributed by atoms with Crippen LogP contribution in [0, 0.1) is 5.92 Å². The van der Waals surface area contributed by atoms with E-state index in [9.17, 15) is 4.79 Å². The second-order valence-electron chi connectivity index (χ2n) is 5.09. The standard InChI is InChI=1S/C17H23ClO3/c1-3-5-6-13(4-2)12-21-16-9-7-14(11-15(16)18)8-10-17(19)20/h7-11,13H,3-6,12H2,1-2H3,(H,19,20). The van der Waals surface area contributed by atoms with Gasteiger partial charge in [-0.05, 0) is 36.1 Å². The molecule has 0 amide bonds. The second-order valence-corrected chi connectivity index (χ2v) is 5.50. The van der Waals surface area contributed by atoms with Gasteiger partial charge in [0.2, 0.25) is 0 Å². The van der Waals surface area contributed by atoms with Crippen LogP contribution in [-0.4, -0.2) is 17.7 Å². The summed E-state index contributed by atoms with van der Waals surface area (Å²) in [5.74, 6) is 0.222. The fourth-order valence-corrected chi connectivity index (χ4v) is 2.25. The predicted octanol–water partition coefficient (Wildman–Crippen LogP) is 5.03. The molecular formula is C17H23ClO3. The number of carbonyl (C=O) groups is 1. The average Bonchev–Trinajstić information content (AvgIpc) is 2.46. The lowest BCUT2D eigenvalue weighted by molar-refractivity contribution is -0.131. The Morgan fingerprint density at radius 3 is 2.76 bits per heavy atom. The number of hydrogen-bond acceptors (Lipinski definition) is 2. The van der Waals surface area contributed by atoms with Crippen molar-refractivity contribution in [3.63, 3.8) is 0 Å². The Morgan fingerprint density at radius 2 is 2.19 bits per heavy atom. The molecular weight excluding hydrogens is 288 g/mol. The normalized spacial score (nSPS) is 12.5. The molecule has 1 rings (SSSR count). The lowest BCUT2D eigenvalue weighted by Gasteiger charge is -2.16. The predicted molar refractivity (Wildman–Crippen MR) is 86.9 cm³/mol. The van der Waals surface area contributed by atoms with E-state index < -0.39 is 5.97 Å². The van der Waals surface area contributed by atoms with Gasteiger partial charge in [-0.1, -0.05) is 50.8 Å². The zero-order chi connectivity index (χ0) is 15.7. The number of rotatable bonds is 9. The molecule has 0 bridgehead atoms. The van der Waals surface area contributed by atoms with Crippen LogP contribution in [0.15, 0.2) is 24.3 Å². The fraction of sp³-hybridized carbons (Fsp3) is 0.471. The molecule has 0 saturated carbocycles. The van der Waals surface area contributed by atoms with Crippen molar-refractivity contribution >= 4 is 23.6 Å². The van der Waals surface area contributed by atoms with E-state index >= 15 is 0 Å². The van der Waals surface area contributed by atoms with Crippen molar-refractivity contribution in [1.29, 1.82) is 0 Å². The zero-order valence-corrected chi connectivity index (χ0v) is 13.4. The monoisotopic (exact) mass is 310 g/mol. The van der Waals surface area contributed by atoms with Crippen LogP contribution in [0.2, 0.25) is 5.02 Å². The molecule has 0 saturated heterocycles. The quantitative estimate of drug-likeness (QED) is 0.650. The topological polar surface area (TPSA) is 46.5 Å². The molecule has 0 aromatic heterocycles. The van der Waals surface area contributed by atoms with Crippen molar-refractivity contribution in [2.45, 2.75) is 39.5 Å². The first kappa shape index (κ1) is 17.6. The van der Waals surface area contributed by atoms with Crippen LogP contribution in [0.25, 0.3) is 6.08 Å². The Kier molecular flexibility index (Phi) is 7.91. The number of carboxylic acid groups (broad SMARTS) is 1. The fourth-order valence-electron chi connectivity index (χ4n) is 2.01. The number of hydrogen-bond donors (Lipinski definition) is 1. The van der Waals surface area contributed by atoms with E-state index in [1.165, 1.54) is 25.3 Å². The summed E-state index contributed by atoms with van der Waals surface area (Å²) < 4.78 is 5.80. The van der Waals surface area contributed by atoms with Gasteiger partial charge >= 0.3 is 5.97 Å². The van der Waals surface area contributed by atoms with Crippen molar-refractivity contribution in [1.82, 2.24) is 0 Å². The molecule has 0 fully saturated rings. The van der Waals surface area contributed by atoms with Crippen molar-refractivity contribution in [2.24, 2.45) is 5.92 Å². The second kappa shape index (κ2) is 9.46. The molecule has 0 aliphatic heterocycles. The van der Waals surface area contributed by atoms with Gasteiger partial charge in [-0.25, -0.2) is 4.79 Å². The molecule has 1 aromatic carbocycles. The summed E-state index contributed by atoms with van der Waals surface area (Å²) in [5, 5.41) is 9.10. The lowest BCUT2D eigenvalue weighted by Crippen LogP contribution is -2.11. The van der Waals surface area contributed by atoms with Gasteiger partial charge in [-0.15, -0.1) is 0 Å². The maximum absolute atomic E-state index is 10.5. The maximum atomic E-state index is 10.5. The number of halogens is 1. The van der Waals surface area contributed by atoms with E-state index in [-0.39, 0.29) is 0 Å². The summed E-state index contributed by atoms with van der Waals surface area (Å²) in [6.45, 7) is 5.03. The van der Waals surface area contributed by atoms with Crippen molar-refractivity contribution in [3.05, 3.63) is 34.9 Å². The lowest BCUT2D eigenvalue weighted by atomic mass is 10.0. The van der Waals surface area contributed by atoms with Crippen LogP contribution < -0.4 is 4.74 Å². The molecule has 0 radical (unpaired) electrons. The minimum Gasteiger partial charge on any atom is -0.492 e. The molecule has 1 N–H and O–H groups in total. The summed E-state index contributed by atoms with van der Waals surface area (Å²) >= 11 is 6.17. The van der Waals surface area contributed by atoms with Gasteiger partial charge in [-0.3, -0.25) is 0 Å². The number of ether oxygens (including phenoxy) is 1. The van der Waals surface area contributed by atoms with Crippen LogP contribution in [0.1, 0.15) is 45.1 Å². The Hall–Kier alpha value is -1.48. The molecule has 0 aliphatic rings. The van der Waals surface area contributed by atoms with E-state index in [1.54, 1.807) is 18.2 Å². The molecule has 0 spiro atoms. The van der Waals surface area contributed by atoms with Gasteiger partial charge in [-0.2, -0.15) is 0 Å². The highest BCUT2D eigenvalue weighted by Crippen LogP contribution is 2.27. The minimum atomic E-state index is -0.979. The minimum absolute atomic E-state index is 0.507. The van der Waals surface area contributed by atoms with E-state index in [2.05, 4.69) is 13.8 Å². The highest BCUT2D eigenvalue weighted by atomic mass is 35.5. The third-order valence-electron chi connectivity index (χ3n) is 3.39. The van der Waals surface area contributed by atoms with E-state index in [0.717, 1.165) is 18.1 Å². The van der Waals surface area contributed by atoms with Crippen LogP contribution in [-0.2, 0) is 4.79 Å². The molecule has 3 nitrogen and oxygen atoms in total. The molecule has 4 heteroatoms. The first-order valence-electron chi connectivity index (χ1n) is 7.40. The van der Waals surface area contributed by atoms with Gasteiger partial charge in [0.15, 0.2) is 0 Å². The van der Waals surface area contributed by atoms with Gasteiger partial charge in [0.25, 0.3) is 0 Å². The molecule has 1 unspecified atom stereocenters. The number of carboxylic acids is 1. The number of unbranched alkanes of at least 4 members (excludes halogenated alkanes) is 1. The summed E-state index contributed by atoms with van der Waals surface area (Å²) in [4.78, 5) is 10.5. The zero-order valence-electron chi connectivity index (χ0n) is 12.6. The van der Waals surface area contributed by atoms with E-state index in [0.29, 0.717) is 23.3 Å². The highest BCUT2D eigenvalue weighted by Gasteiger charge is 2.09. The molecule has 116 valence electrons. The summed E-state index contributed by atoms with van der Waals surface area (Å²) in [5.41, 5.74) is 0.743. The molecule has 0 heterocycles. The SMILES string of the molecule is CCCCC(CC)COc1ccc(C=CC(=O)O)cc1Cl. The Labute approximate surface area is 131 Å². The largest absolute Gasteiger partial charge is 0.492 e. The van der Waals surface area contributed by atoms with Crippen LogP contribution in [0.4, 0.5) is 0 Å². The van der Waals surface area contributed by atoms with Gasteiger partial charge in [0.05, 0.1) is 11.6 Å². The van der Waals surface area contributed by atoms with E-state index in [4.69, 9.17) is 21.4 Å². The summed E-state index contributed by atoms with van der Waals surface area (Å²) in [7, 11) is 0. The molecule has 0 aliphatic carbocycles. The smallest absolute Gasteiger partial charge is 0.328 e. The van der Waals surface area contributed by atoms with Gasteiger partial charge in [0.1, 0.15) is 5.75 Å². The molecule has 1 atom stereocenters. The number of aliphatic carboxylic acids is 1. The third kappa shape index (κ3) is 6.67. The van der Waals surface area contributed by atoms with Crippen LogP contribution >= 0.6 is 11.6 Å². The van der Waals surface area contributed by atoms with Crippen molar-refractivity contribution < 1.29 is 14.6 Å². The Morgan fingerprint density at radius 1 is 1.43 bits per heavy atom. The van der Waals surface area contributed by atoms with Crippen molar-refractivity contribution in [3.8, 4) is 5.75 Å². The van der Waals surface area contributed by atoms with Crippen molar-refractivity contribution in [2.75, 3.05) is 6.61 Å². The Balaban J connectivity index is 2.61. The van der Waals surface area contributed by atoms with Crippen LogP contribution in [0.3, 0.4) is 0 Å². The summed E-state index contributed by atoms with van der Waals surface area (Å²) in [6.07, 6.45) is 7.27. The molecule has 1 aromatic rings. The first-order valence-corrected chi connectivity index (χ1v) is 7.78. The summed E-state index contributed by atoms with van der Waals surface area (Å²) in [6, 6.07) is 5.30. The maximum Gasteiger partial charge on any atom is 0.328 e. The van der Waals surface area contributed by atoms with Gasteiger partial charge < -0.3 is 9.84 Å². The first-order chi connectivity index (χ1) is 10.1. The van der Waals surface area contributed by atoms with Crippen LogP contribution in [0.5, 0.6) is 5.75 Å². The van der Waals surface area contributed by atoms with Gasteiger partial charge in [0, 0.05) is 6.08 Å². The third-order valence-corrected chi connectivity index (χ3v) is 3.69.